The summed E-state index contributed by atoms with van der Waals surface area (Å²) in [5.41, 5.74) is 1.64. The molecule has 18 heavy (non-hydrogen) atoms. The van der Waals surface area contributed by atoms with Crippen molar-refractivity contribution in [3.8, 4) is 5.75 Å². The number of hydrogen-bond acceptors (Lipinski definition) is 3. The van der Waals surface area contributed by atoms with Gasteiger partial charge >= 0.3 is 7.12 Å². The number of ether oxygens (including phenoxy) is 1. The smallest absolute Gasteiger partial charge is 0.490 e. The van der Waals surface area contributed by atoms with Crippen molar-refractivity contribution in [2.24, 2.45) is 0 Å². The zero-order chi connectivity index (χ0) is 13.0. The Kier molecular flexibility index (Phi) is 4.07. The summed E-state index contributed by atoms with van der Waals surface area (Å²) in [5.74, 6) is 0.316. The van der Waals surface area contributed by atoms with Crippen molar-refractivity contribution in [1.82, 2.24) is 0 Å². The first kappa shape index (κ1) is 12.7. The lowest BCUT2D eigenvalue weighted by Gasteiger charge is -2.14. The van der Waals surface area contributed by atoms with Crippen LogP contribution in [0.5, 0.6) is 5.75 Å². The van der Waals surface area contributed by atoms with Gasteiger partial charge in [0.15, 0.2) is 0 Å². The van der Waals surface area contributed by atoms with E-state index in [2.05, 4.69) is 0 Å². The molecule has 88 valence electrons. The van der Waals surface area contributed by atoms with E-state index in [1.807, 2.05) is 30.3 Å². The van der Waals surface area contributed by atoms with E-state index in [1.165, 1.54) is 0 Å². The highest BCUT2D eigenvalue weighted by Gasteiger charge is 2.18. The molecule has 2 N–H and O–H groups in total. The van der Waals surface area contributed by atoms with Crippen LogP contribution >= 0.6 is 0 Å². The summed E-state index contributed by atoms with van der Waals surface area (Å²) in [4.78, 5) is 0. The zero-order valence-corrected chi connectivity index (χ0v) is 9.78. The second-order valence-electron chi connectivity index (χ2n) is 3.91. The third-order valence-corrected chi connectivity index (χ3v) is 2.58. The standard InChI is InChI=1S/C13H12B2O3/c14-11-7-4-8-12(15(16)17)13(11)18-9-10-5-2-1-3-6-10/h1-8,16-17H,9H2. The molecule has 0 aliphatic heterocycles. The van der Waals surface area contributed by atoms with Crippen molar-refractivity contribution in [2.75, 3.05) is 0 Å². The van der Waals surface area contributed by atoms with E-state index in [1.54, 1.807) is 18.2 Å². The Morgan fingerprint density at radius 3 is 2.39 bits per heavy atom. The summed E-state index contributed by atoms with van der Waals surface area (Å²) in [5, 5.41) is 18.5. The van der Waals surface area contributed by atoms with Gasteiger partial charge in [0.2, 0.25) is 0 Å². The highest BCUT2D eigenvalue weighted by Crippen LogP contribution is 2.08. The predicted octanol–water partition coefficient (Wildman–Crippen LogP) is -0.261. The minimum atomic E-state index is -1.60. The van der Waals surface area contributed by atoms with Crippen molar-refractivity contribution in [3.05, 3.63) is 54.1 Å². The number of rotatable bonds is 4. The van der Waals surface area contributed by atoms with Gasteiger partial charge in [-0.3, -0.25) is 0 Å². The Balaban J connectivity index is 2.19. The SMILES string of the molecule is [B]c1cccc(B(O)O)c1OCc1ccccc1. The molecular weight excluding hydrogens is 226 g/mol. The van der Waals surface area contributed by atoms with Crippen LogP contribution in [-0.2, 0) is 6.61 Å². The van der Waals surface area contributed by atoms with Crippen LogP contribution in [0.3, 0.4) is 0 Å². The Morgan fingerprint density at radius 2 is 1.72 bits per heavy atom. The van der Waals surface area contributed by atoms with Crippen LogP contribution in [0.1, 0.15) is 5.56 Å². The van der Waals surface area contributed by atoms with Gasteiger partial charge in [0.1, 0.15) is 20.2 Å². The molecule has 0 heterocycles. The highest BCUT2D eigenvalue weighted by molar-refractivity contribution is 6.60. The van der Waals surface area contributed by atoms with Gasteiger partial charge in [0, 0.05) is 5.46 Å². The average Bonchev–Trinajstić information content (AvgIpc) is 2.38. The van der Waals surface area contributed by atoms with Gasteiger partial charge in [0.25, 0.3) is 0 Å². The van der Waals surface area contributed by atoms with Crippen molar-refractivity contribution in [2.45, 2.75) is 6.61 Å². The number of hydrogen-bond donors (Lipinski definition) is 2. The zero-order valence-electron chi connectivity index (χ0n) is 9.78. The van der Waals surface area contributed by atoms with E-state index >= 15 is 0 Å². The maximum absolute atomic E-state index is 9.25. The molecule has 0 aliphatic carbocycles. The number of benzene rings is 2. The summed E-state index contributed by atoms with van der Waals surface area (Å²) in [6.07, 6.45) is 0. The molecule has 0 aliphatic rings. The Hall–Kier alpha value is -1.71. The second-order valence-corrected chi connectivity index (χ2v) is 3.91. The van der Waals surface area contributed by atoms with E-state index in [-0.39, 0.29) is 5.46 Å². The van der Waals surface area contributed by atoms with Crippen LogP contribution in [0, 0.1) is 0 Å². The molecule has 0 atom stereocenters. The normalized spacial score (nSPS) is 10.1. The maximum atomic E-state index is 9.25. The van der Waals surface area contributed by atoms with E-state index in [0.717, 1.165) is 5.56 Å². The minimum absolute atomic E-state index is 0.269. The Labute approximate surface area is 108 Å². The lowest BCUT2D eigenvalue weighted by atomic mass is 9.76. The van der Waals surface area contributed by atoms with E-state index in [4.69, 9.17) is 12.6 Å². The Morgan fingerprint density at radius 1 is 1.00 bits per heavy atom. The molecule has 2 aromatic carbocycles. The molecule has 0 saturated carbocycles. The van der Waals surface area contributed by atoms with Crippen LogP contribution in [0.2, 0.25) is 0 Å². The van der Waals surface area contributed by atoms with Crippen LogP contribution in [0.15, 0.2) is 48.5 Å². The highest BCUT2D eigenvalue weighted by atomic mass is 16.5. The largest absolute Gasteiger partial charge is 0.492 e. The van der Waals surface area contributed by atoms with Gasteiger partial charge in [0.05, 0.1) is 0 Å². The van der Waals surface area contributed by atoms with Gasteiger partial charge < -0.3 is 14.8 Å². The molecule has 0 spiro atoms. The van der Waals surface area contributed by atoms with Gasteiger partial charge in [-0.1, -0.05) is 54.0 Å². The summed E-state index contributed by atoms with van der Waals surface area (Å²) in [6, 6.07) is 14.5. The molecule has 0 unspecified atom stereocenters. The fourth-order valence-electron chi connectivity index (χ4n) is 1.67. The number of para-hydroxylation sites is 1. The molecule has 2 radical (unpaired) electrons. The lowest BCUT2D eigenvalue weighted by molar-refractivity contribution is 0.309. The molecule has 2 aromatic rings. The molecular formula is C13H12B2O3. The molecule has 0 aromatic heterocycles. The summed E-state index contributed by atoms with van der Waals surface area (Å²) in [6.45, 7) is 0.328. The van der Waals surface area contributed by atoms with E-state index in [9.17, 15) is 10.0 Å². The van der Waals surface area contributed by atoms with Gasteiger partial charge in [-0.25, -0.2) is 0 Å². The molecule has 0 amide bonds. The third kappa shape index (κ3) is 2.94. The van der Waals surface area contributed by atoms with Crippen molar-refractivity contribution in [3.63, 3.8) is 0 Å². The van der Waals surface area contributed by atoms with Crippen LogP contribution < -0.4 is 15.7 Å². The first-order valence-electron chi connectivity index (χ1n) is 5.59. The second kappa shape index (κ2) is 5.76. The van der Waals surface area contributed by atoms with Crippen LogP contribution in [-0.4, -0.2) is 25.0 Å². The van der Waals surface area contributed by atoms with Gasteiger partial charge in [-0.2, -0.15) is 0 Å². The summed E-state index contributed by atoms with van der Waals surface area (Å²) < 4.78 is 5.57. The molecule has 3 nitrogen and oxygen atoms in total. The topological polar surface area (TPSA) is 49.7 Å². The van der Waals surface area contributed by atoms with Gasteiger partial charge in [-0.05, 0) is 5.56 Å². The van der Waals surface area contributed by atoms with E-state index in [0.29, 0.717) is 17.8 Å². The fourth-order valence-corrected chi connectivity index (χ4v) is 1.67. The quantitative estimate of drug-likeness (QED) is 0.721. The van der Waals surface area contributed by atoms with Crippen molar-refractivity contribution < 1.29 is 14.8 Å². The monoisotopic (exact) mass is 238 g/mol. The third-order valence-electron chi connectivity index (χ3n) is 2.58. The molecule has 2 rings (SSSR count). The van der Waals surface area contributed by atoms with Crippen molar-refractivity contribution in [1.29, 1.82) is 0 Å². The van der Waals surface area contributed by atoms with Gasteiger partial charge in [-0.15, -0.1) is 0 Å². The van der Waals surface area contributed by atoms with Crippen molar-refractivity contribution >= 4 is 25.9 Å². The summed E-state index contributed by atoms with van der Waals surface area (Å²) in [7, 11) is 4.18. The molecule has 0 saturated heterocycles. The van der Waals surface area contributed by atoms with Crippen LogP contribution in [0.4, 0.5) is 0 Å². The fraction of sp³-hybridized carbons (Fsp3) is 0.0769. The maximum Gasteiger partial charge on any atom is 0.492 e. The van der Waals surface area contributed by atoms with E-state index < -0.39 is 7.12 Å². The predicted molar refractivity (Wildman–Crippen MR) is 72.4 cm³/mol. The minimum Gasteiger partial charge on any atom is -0.490 e. The first-order valence-corrected chi connectivity index (χ1v) is 5.59. The average molecular weight is 238 g/mol. The summed E-state index contributed by atoms with van der Waals surface area (Å²) >= 11 is 0. The molecule has 0 bridgehead atoms. The molecule has 5 heteroatoms. The van der Waals surface area contributed by atoms with Crippen LogP contribution in [0.25, 0.3) is 0 Å². The lowest BCUT2D eigenvalue weighted by Crippen LogP contribution is -2.34. The molecule has 0 fully saturated rings. The Bertz CT molecular complexity index is 515. The first-order chi connectivity index (χ1) is 8.68.